The second-order valence-electron chi connectivity index (χ2n) is 4.47. The summed E-state index contributed by atoms with van der Waals surface area (Å²) in [5.74, 6) is 0. The van der Waals surface area contributed by atoms with Crippen LogP contribution in [-0.2, 0) is 27.8 Å². The number of aliphatic hydroxyl groups is 1. The summed E-state index contributed by atoms with van der Waals surface area (Å²) in [7, 11) is -2.01. The van der Waals surface area contributed by atoms with Crippen LogP contribution in [0.5, 0.6) is 0 Å². The van der Waals surface area contributed by atoms with Crippen LogP contribution in [0, 0.1) is 0 Å². The second-order valence-corrected chi connectivity index (χ2v) is 6.51. The van der Waals surface area contributed by atoms with Gasteiger partial charge in [0.05, 0.1) is 18.1 Å². The van der Waals surface area contributed by atoms with E-state index in [0.717, 1.165) is 12.0 Å². The van der Waals surface area contributed by atoms with Gasteiger partial charge in [-0.15, -0.1) is 0 Å². The number of aliphatic hydroxyl groups excluding tert-OH is 1. The van der Waals surface area contributed by atoms with E-state index in [0.29, 0.717) is 25.3 Å². The molecule has 0 saturated heterocycles. The zero-order valence-corrected chi connectivity index (χ0v) is 13.1. The minimum atomic E-state index is -3.53. The Morgan fingerprint density at radius 1 is 1.25 bits per heavy atom. The first-order valence-electron chi connectivity index (χ1n) is 6.74. The highest BCUT2D eigenvalue weighted by molar-refractivity contribution is 7.89. The zero-order valence-electron chi connectivity index (χ0n) is 12.3. The normalized spacial score (nSPS) is 12.1. The number of sulfonamides is 1. The van der Waals surface area contributed by atoms with E-state index in [2.05, 4.69) is 0 Å². The van der Waals surface area contributed by atoms with Gasteiger partial charge in [-0.3, -0.25) is 0 Å². The third kappa shape index (κ3) is 4.02. The molecular formula is C14H23NO4S. The van der Waals surface area contributed by atoms with Crippen molar-refractivity contribution in [2.75, 3.05) is 26.8 Å². The average molecular weight is 301 g/mol. The Hall–Kier alpha value is -0.950. The Morgan fingerprint density at radius 3 is 2.50 bits per heavy atom. The number of likely N-dealkylation sites (N-methyl/N-ethyl adjacent to an activating group) is 1. The molecule has 0 atom stereocenters. The van der Waals surface area contributed by atoms with Crippen molar-refractivity contribution in [1.82, 2.24) is 4.31 Å². The zero-order chi connectivity index (χ0) is 15.2. The first-order valence-corrected chi connectivity index (χ1v) is 8.18. The Balaban J connectivity index is 2.97. The molecule has 0 aromatic heterocycles. The Morgan fingerprint density at radius 2 is 1.95 bits per heavy atom. The van der Waals surface area contributed by atoms with Crippen molar-refractivity contribution in [2.24, 2.45) is 0 Å². The molecule has 20 heavy (non-hydrogen) atoms. The van der Waals surface area contributed by atoms with Crippen LogP contribution >= 0.6 is 0 Å². The molecule has 0 amide bonds. The van der Waals surface area contributed by atoms with Crippen LogP contribution in [0.4, 0.5) is 0 Å². The summed E-state index contributed by atoms with van der Waals surface area (Å²) >= 11 is 0. The number of benzene rings is 1. The fraction of sp³-hybridized carbons (Fsp3) is 0.571. The molecule has 0 unspecified atom stereocenters. The maximum absolute atomic E-state index is 12.4. The van der Waals surface area contributed by atoms with Crippen molar-refractivity contribution in [3.63, 3.8) is 0 Å². The third-order valence-electron chi connectivity index (χ3n) is 3.19. The molecule has 114 valence electrons. The Kier molecular flexibility index (Phi) is 6.61. The number of ether oxygens (including phenoxy) is 1. The summed E-state index contributed by atoms with van der Waals surface area (Å²) in [6.45, 7) is 4.91. The lowest BCUT2D eigenvalue weighted by molar-refractivity contribution is 0.138. The van der Waals surface area contributed by atoms with Crippen molar-refractivity contribution >= 4 is 10.0 Å². The monoisotopic (exact) mass is 301 g/mol. The van der Waals surface area contributed by atoms with Crippen molar-refractivity contribution in [1.29, 1.82) is 0 Å². The maximum Gasteiger partial charge on any atom is 0.242 e. The van der Waals surface area contributed by atoms with Crippen molar-refractivity contribution in [2.45, 2.75) is 31.8 Å². The summed E-state index contributed by atoms with van der Waals surface area (Å²) < 4.78 is 31.2. The topological polar surface area (TPSA) is 66.8 Å². The van der Waals surface area contributed by atoms with Gasteiger partial charge in [0.25, 0.3) is 0 Å². The molecule has 6 heteroatoms. The van der Waals surface area contributed by atoms with Crippen LogP contribution in [0.25, 0.3) is 0 Å². The standard InChI is InChI=1S/C14H23NO4S/c1-4-12-6-7-14(10-13(12)11-16)20(17,18)15(3)8-9-19-5-2/h6-7,10,16H,4-5,8-9,11H2,1-3H3. The number of aryl methyl sites for hydroxylation is 1. The van der Waals surface area contributed by atoms with E-state index in [1.807, 2.05) is 13.8 Å². The lowest BCUT2D eigenvalue weighted by Gasteiger charge is -2.18. The summed E-state index contributed by atoms with van der Waals surface area (Å²) in [6.07, 6.45) is 0.760. The van der Waals surface area contributed by atoms with Crippen LogP contribution in [0.1, 0.15) is 25.0 Å². The highest BCUT2D eigenvalue weighted by Gasteiger charge is 2.21. The molecule has 1 N–H and O–H groups in total. The molecule has 0 fully saturated rings. The molecule has 0 bridgehead atoms. The van der Waals surface area contributed by atoms with Crippen LogP contribution < -0.4 is 0 Å². The van der Waals surface area contributed by atoms with Gasteiger partial charge in [-0.05, 0) is 36.6 Å². The SMILES string of the molecule is CCOCCN(C)S(=O)(=O)c1ccc(CC)c(CO)c1. The fourth-order valence-electron chi connectivity index (χ4n) is 1.89. The summed E-state index contributed by atoms with van der Waals surface area (Å²) in [6, 6.07) is 4.89. The predicted molar refractivity (Wildman–Crippen MR) is 78.1 cm³/mol. The first-order chi connectivity index (χ1) is 9.47. The molecule has 0 aliphatic rings. The van der Waals surface area contributed by atoms with Gasteiger partial charge in [0, 0.05) is 20.2 Å². The smallest absolute Gasteiger partial charge is 0.242 e. The van der Waals surface area contributed by atoms with Gasteiger partial charge < -0.3 is 9.84 Å². The van der Waals surface area contributed by atoms with Gasteiger partial charge in [0.15, 0.2) is 0 Å². The van der Waals surface area contributed by atoms with Gasteiger partial charge in [0.2, 0.25) is 10.0 Å². The molecule has 0 spiro atoms. The van der Waals surface area contributed by atoms with Crippen molar-refractivity contribution in [3.05, 3.63) is 29.3 Å². The summed E-state index contributed by atoms with van der Waals surface area (Å²) in [5, 5.41) is 9.32. The largest absolute Gasteiger partial charge is 0.392 e. The average Bonchev–Trinajstić information content (AvgIpc) is 2.46. The highest BCUT2D eigenvalue weighted by atomic mass is 32.2. The quantitative estimate of drug-likeness (QED) is 0.737. The van der Waals surface area contributed by atoms with E-state index in [4.69, 9.17) is 4.74 Å². The minimum absolute atomic E-state index is 0.158. The first kappa shape index (κ1) is 17.1. The Bertz CT molecular complexity index is 528. The van der Waals surface area contributed by atoms with Gasteiger partial charge in [-0.1, -0.05) is 13.0 Å². The van der Waals surface area contributed by atoms with Crippen LogP contribution in [0.15, 0.2) is 23.1 Å². The lowest BCUT2D eigenvalue weighted by atomic mass is 10.1. The van der Waals surface area contributed by atoms with E-state index >= 15 is 0 Å². The maximum atomic E-state index is 12.4. The molecular weight excluding hydrogens is 278 g/mol. The summed E-state index contributed by atoms with van der Waals surface area (Å²) in [4.78, 5) is 0.206. The Labute approximate surface area is 121 Å². The van der Waals surface area contributed by atoms with E-state index in [9.17, 15) is 13.5 Å². The molecule has 1 aromatic rings. The van der Waals surface area contributed by atoms with Crippen molar-refractivity contribution in [3.8, 4) is 0 Å². The van der Waals surface area contributed by atoms with E-state index in [1.165, 1.54) is 11.4 Å². The van der Waals surface area contributed by atoms with Crippen LogP contribution in [-0.4, -0.2) is 44.6 Å². The van der Waals surface area contributed by atoms with E-state index < -0.39 is 10.0 Å². The lowest BCUT2D eigenvalue weighted by Crippen LogP contribution is -2.30. The molecule has 0 aliphatic carbocycles. The van der Waals surface area contributed by atoms with Crippen LogP contribution in [0.2, 0.25) is 0 Å². The molecule has 0 saturated carbocycles. The van der Waals surface area contributed by atoms with Crippen molar-refractivity contribution < 1.29 is 18.3 Å². The molecule has 0 heterocycles. The highest BCUT2D eigenvalue weighted by Crippen LogP contribution is 2.19. The number of hydrogen-bond acceptors (Lipinski definition) is 4. The van der Waals surface area contributed by atoms with E-state index in [-0.39, 0.29) is 11.5 Å². The number of rotatable bonds is 8. The van der Waals surface area contributed by atoms with Gasteiger partial charge in [-0.25, -0.2) is 8.42 Å². The molecule has 5 nitrogen and oxygen atoms in total. The summed E-state index contributed by atoms with van der Waals surface area (Å²) in [5.41, 5.74) is 1.62. The predicted octanol–water partition coefficient (Wildman–Crippen LogP) is 1.40. The number of nitrogens with zero attached hydrogens (tertiary/aromatic N) is 1. The molecule has 1 aromatic carbocycles. The minimum Gasteiger partial charge on any atom is -0.392 e. The molecule has 0 radical (unpaired) electrons. The fourth-order valence-corrected chi connectivity index (χ4v) is 3.10. The third-order valence-corrected chi connectivity index (χ3v) is 5.04. The van der Waals surface area contributed by atoms with E-state index in [1.54, 1.807) is 18.2 Å². The van der Waals surface area contributed by atoms with Gasteiger partial charge in [-0.2, -0.15) is 4.31 Å². The van der Waals surface area contributed by atoms with Crippen LogP contribution in [0.3, 0.4) is 0 Å². The van der Waals surface area contributed by atoms with Gasteiger partial charge in [0.1, 0.15) is 0 Å². The second kappa shape index (κ2) is 7.73. The molecule has 0 aliphatic heterocycles. The molecule has 1 rings (SSSR count). The number of hydrogen-bond donors (Lipinski definition) is 1. The van der Waals surface area contributed by atoms with Gasteiger partial charge >= 0.3 is 0 Å².